The maximum absolute atomic E-state index is 13.4. The predicted molar refractivity (Wildman–Crippen MR) is 114 cm³/mol. The molecule has 2 aromatic rings. The second-order valence-electron chi connectivity index (χ2n) is 8.73. The van der Waals surface area contributed by atoms with E-state index in [-0.39, 0.29) is 29.2 Å². The SMILES string of the molecule is CC(C(=O)N1CCC2(CC1)NC(=O)NCC2c1ccc(F)cc1)c1ccccc1C(F)(F)F. The van der Waals surface area contributed by atoms with Crippen molar-refractivity contribution in [2.24, 2.45) is 0 Å². The lowest BCUT2D eigenvalue weighted by atomic mass is 9.71. The number of hydrogen-bond donors (Lipinski definition) is 2. The molecule has 2 aliphatic heterocycles. The molecule has 0 radical (unpaired) electrons. The zero-order chi connectivity index (χ0) is 23.8. The molecule has 0 saturated carbocycles. The molecule has 2 unspecified atom stereocenters. The van der Waals surface area contributed by atoms with Crippen LogP contribution < -0.4 is 10.6 Å². The number of urea groups is 1. The first kappa shape index (κ1) is 23.1. The molecule has 176 valence electrons. The molecule has 33 heavy (non-hydrogen) atoms. The van der Waals surface area contributed by atoms with Crippen LogP contribution in [0.1, 0.15) is 48.3 Å². The van der Waals surface area contributed by atoms with E-state index in [1.54, 1.807) is 17.0 Å². The number of carbonyl (C=O) groups is 2. The molecular formula is C24H25F4N3O2. The third kappa shape index (κ3) is 4.54. The normalized spacial score (nSPS) is 21.3. The highest BCUT2D eigenvalue weighted by molar-refractivity contribution is 5.84. The largest absolute Gasteiger partial charge is 0.416 e. The number of benzene rings is 2. The summed E-state index contributed by atoms with van der Waals surface area (Å²) in [4.78, 5) is 26.8. The van der Waals surface area contributed by atoms with Gasteiger partial charge in [-0.25, -0.2) is 9.18 Å². The number of carbonyl (C=O) groups excluding carboxylic acids is 2. The van der Waals surface area contributed by atoms with E-state index in [9.17, 15) is 27.2 Å². The fourth-order valence-electron chi connectivity index (χ4n) is 5.02. The van der Waals surface area contributed by atoms with E-state index in [0.29, 0.717) is 32.5 Å². The summed E-state index contributed by atoms with van der Waals surface area (Å²) in [5, 5.41) is 5.79. The van der Waals surface area contributed by atoms with Crippen LogP contribution in [-0.4, -0.2) is 42.0 Å². The number of piperidine rings is 1. The van der Waals surface area contributed by atoms with Crippen molar-refractivity contribution in [1.82, 2.24) is 15.5 Å². The van der Waals surface area contributed by atoms with E-state index >= 15 is 0 Å². The van der Waals surface area contributed by atoms with Gasteiger partial charge in [0.05, 0.1) is 17.0 Å². The summed E-state index contributed by atoms with van der Waals surface area (Å²) in [5.41, 5.74) is -0.600. The molecule has 2 heterocycles. The van der Waals surface area contributed by atoms with Crippen LogP contribution in [0.25, 0.3) is 0 Å². The molecule has 2 atom stereocenters. The predicted octanol–water partition coefficient (Wildman–Crippen LogP) is 4.41. The number of amides is 3. The Labute approximate surface area is 189 Å². The van der Waals surface area contributed by atoms with Crippen molar-refractivity contribution in [1.29, 1.82) is 0 Å². The standard InChI is InChI=1S/C24H25F4N3O2/c1-15(18-4-2-3-5-19(18)24(26,27)28)21(32)31-12-10-23(11-13-31)20(14-29-22(33)30-23)16-6-8-17(25)9-7-16/h2-9,15,20H,10-14H2,1H3,(H2,29,30,33). The molecule has 0 bridgehead atoms. The molecule has 2 N–H and O–H groups in total. The Balaban J connectivity index is 1.52. The van der Waals surface area contributed by atoms with Crippen LogP contribution in [0.15, 0.2) is 48.5 Å². The van der Waals surface area contributed by atoms with Crippen molar-refractivity contribution >= 4 is 11.9 Å². The lowest BCUT2D eigenvalue weighted by molar-refractivity contribution is -0.139. The molecule has 2 aliphatic rings. The van der Waals surface area contributed by atoms with Gasteiger partial charge in [0, 0.05) is 25.6 Å². The second-order valence-corrected chi connectivity index (χ2v) is 8.73. The highest BCUT2D eigenvalue weighted by Gasteiger charge is 2.47. The van der Waals surface area contributed by atoms with Gasteiger partial charge in [0.2, 0.25) is 5.91 Å². The summed E-state index contributed by atoms with van der Waals surface area (Å²) in [5.74, 6) is -1.81. The topological polar surface area (TPSA) is 61.4 Å². The first-order chi connectivity index (χ1) is 15.6. The molecule has 0 aromatic heterocycles. The summed E-state index contributed by atoms with van der Waals surface area (Å²) >= 11 is 0. The van der Waals surface area contributed by atoms with E-state index in [1.807, 2.05) is 0 Å². The summed E-state index contributed by atoms with van der Waals surface area (Å²) in [7, 11) is 0. The monoisotopic (exact) mass is 463 g/mol. The number of halogens is 4. The minimum absolute atomic E-state index is 0.0466. The van der Waals surface area contributed by atoms with Crippen molar-refractivity contribution < 1.29 is 27.2 Å². The van der Waals surface area contributed by atoms with Crippen molar-refractivity contribution in [3.05, 3.63) is 71.0 Å². The van der Waals surface area contributed by atoms with Crippen LogP contribution in [0, 0.1) is 5.82 Å². The minimum atomic E-state index is -4.54. The van der Waals surface area contributed by atoms with E-state index < -0.39 is 23.2 Å². The average Bonchev–Trinajstić information content (AvgIpc) is 2.79. The maximum atomic E-state index is 13.4. The first-order valence-corrected chi connectivity index (χ1v) is 10.9. The molecule has 5 nitrogen and oxygen atoms in total. The molecule has 0 aliphatic carbocycles. The molecule has 2 saturated heterocycles. The highest BCUT2D eigenvalue weighted by Crippen LogP contribution is 2.40. The third-order valence-corrected chi connectivity index (χ3v) is 6.84. The maximum Gasteiger partial charge on any atom is 0.416 e. The van der Waals surface area contributed by atoms with Crippen LogP contribution in [0.3, 0.4) is 0 Å². The molecular weight excluding hydrogens is 438 g/mol. The van der Waals surface area contributed by atoms with Crippen LogP contribution in [-0.2, 0) is 11.0 Å². The van der Waals surface area contributed by atoms with Gasteiger partial charge in [-0.3, -0.25) is 4.79 Å². The number of nitrogens with one attached hydrogen (secondary N) is 2. The van der Waals surface area contributed by atoms with Gasteiger partial charge in [-0.15, -0.1) is 0 Å². The van der Waals surface area contributed by atoms with E-state index in [0.717, 1.165) is 11.6 Å². The van der Waals surface area contributed by atoms with Crippen molar-refractivity contribution in [3.8, 4) is 0 Å². The molecule has 3 amide bonds. The van der Waals surface area contributed by atoms with Crippen molar-refractivity contribution in [3.63, 3.8) is 0 Å². The van der Waals surface area contributed by atoms with E-state index in [1.165, 1.54) is 37.3 Å². The van der Waals surface area contributed by atoms with Gasteiger partial charge in [0.15, 0.2) is 0 Å². The van der Waals surface area contributed by atoms with Crippen LogP contribution >= 0.6 is 0 Å². The van der Waals surface area contributed by atoms with Gasteiger partial charge >= 0.3 is 12.2 Å². The quantitative estimate of drug-likeness (QED) is 0.663. The van der Waals surface area contributed by atoms with Gasteiger partial charge in [-0.05, 0) is 49.1 Å². The minimum Gasteiger partial charge on any atom is -0.342 e. The number of alkyl halides is 3. The number of rotatable bonds is 3. The Morgan fingerprint density at radius 3 is 2.36 bits per heavy atom. The average molecular weight is 463 g/mol. The zero-order valence-corrected chi connectivity index (χ0v) is 18.1. The smallest absolute Gasteiger partial charge is 0.342 e. The third-order valence-electron chi connectivity index (χ3n) is 6.84. The Hall–Kier alpha value is -3.10. The van der Waals surface area contributed by atoms with Gasteiger partial charge in [0.25, 0.3) is 0 Å². The Kier molecular flexibility index (Phi) is 6.07. The van der Waals surface area contributed by atoms with Crippen LogP contribution in [0.5, 0.6) is 0 Å². The summed E-state index contributed by atoms with van der Waals surface area (Å²) in [6.07, 6.45) is -3.65. The molecule has 1 spiro atoms. The van der Waals surface area contributed by atoms with Crippen molar-refractivity contribution in [2.75, 3.05) is 19.6 Å². The molecule has 9 heteroatoms. The zero-order valence-electron chi connectivity index (χ0n) is 18.1. The Morgan fingerprint density at radius 1 is 1.09 bits per heavy atom. The summed E-state index contributed by atoms with van der Waals surface area (Å²) in [6.45, 7) is 2.47. The molecule has 2 aromatic carbocycles. The number of likely N-dealkylation sites (tertiary alicyclic amines) is 1. The molecule has 2 fully saturated rings. The van der Waals surface area contributed by atoms with Crippen molar-refractivity contribution in [2.45, 2.75) is 43.3 Å². The van der Waals surface area contributed by atoms with E-state index in [2.05, 4.69) is 10.6 Å². The highest BCUT2D eigenvalue weighted by atomic mass is 19.4. The van der Waals surface area contributed by atoms with Crippen LogP contribution in [0.4, 0.5) is 22.4 Å². The van der Waals surface area contributed by atoms with Gasteiger partial charge in [-0.2, -0.15) is 13.2 Å². The number of nitrogens with zero attached hydrogens (tertiary/aromatic N) is 1. The summed E-state index contributed by atoms with van der Waals surface area (Å²) in [6, 6.07) is 11.0. The van der Waals surface area contributed by atoms with E-state index in [4.69, 9.17) is 0 Å². The van der Waals surface area contributed by atoms with Crippen LogP contribution in [0.2, 0.25) is 0 Å². The van der Waals surface area contributed by atoms with Gasteiger partial charge < -0.3 is 15.5 Å². The fraction of sp³-hybridized carbons (Fsp3) is 0.417. The molecule has 4 rings (SSSR count). The second kappa shape index (κ2) is 8.68. The van der Waals surface area contributed by atoms with Gasteiger partial charge in [0.1, 0.15) is 5.82 Å². The lowest BCUT2D eigenvalue weighted by Crippen LogP contribution is -2.66. The lowest BCUT2D eigenvalue weighted by Gasteiger charge is -2.50. The number of hydrogen-bond acceptors (Lipinski definition) is 2. The van der Waals surface area contributed by atoms with Gasteiger partial charge in [-0.1, -0.05) is 30.3 Å². The summed E-state index contributed by atoms with van der Waals surface area (Å²) < 4.78 is 53.7. The fourth-order valence-corrected chi connectivity index (χ4v) is 5.02. The first-order valence-electron chi connectivity index (χ1n) is 10.9. The Morgan fingerprint density at radius 2 is 1.73 bits per heavy atom. The Bertz CT molecular complexity index is 1030.